The Morgan fingerprint density at radius 1 is 1.12 bits per heavy atom. The normalized spacial score (nSPS) is 14.1. The number of hydrogen-bond donors (Lipinski definition) is 0. The highest BCUT2D eigenvalue weighted by Crippen LogP contribution is 2.30. The lowest BCUT2D eigenvalue weighted by Gasteiger charge is -2.29. The third-order valence-electron chi connectivity index (χ3n) is 4.88. The van der Waals surface area contributed by atoms with Gasteiger partial charge in [0.1, 0.15) is 0 Å². The molecule has 2 aromatic heterocycles. The van der Waals surface area contributed by atoms with E-state index in [1.807, 2.05) is 4.57 Å². The lowest BCUT2D eigenvalue weighted by Crippen LogP contribution is -2.39. The van der Waals surface area contributed by atoms with Gasteiger partial charge in [-0.05, 0) is 32.4 Å². The highest BCUT2D eigenvalue weighted by Gasteiger charge is 2.26. The van der Waals surface area contributed by atoms with Crippen molar-refractivity contribution in [2.45, 2.75) is 33.4 Å². The maximum absolute atomic E-state index is 12.8. The maximum atomic E-state index is 12.8. The van der Waals surface area contributed by atoms with Gasteiger partial charge in [0.25, 0.3) is 5.56 Å². The molecule has 0 saturated carbocycles. The van der Waals surface area contributed by atoms with Gasteiger partial charge in [-0.15, -0.1) is 0 Å². The van der Waals surface area contributed by atoms with Crippen LogP contribution in [0.3, 0.4) is 0 Å². The average molecular weight is 339 g/mol. The van der Waals surface area contributed by atoms with Crippen molar-refractivity contribution < 1.29 is 0 Å². The molecule has 7 heteroatoms. The van der Waals surface area contributed by atoms with Crippen LogP contribution in [0.4, 0.5) is 11.6 Å². The number of aromatic nitrogens is 4. The highest BCUT2D eigenvalue weighted by atomic mass is 16.2. The summed E-state index contributed by atoms with van der Waals surface area (Å²) in [6.45, 7) is 5.77. The molecule has 0 aliphatic carbocycles. The number of aryl methyl sites for hydroxylation is 3. The first kappa shape index (κ1) is 15.7. The van der Waals surface area contributed by atoms with Gasteiger partial charge in [0, 0.05) is 32.4 Å². The molecule has 3 aromatic rings. The maximum Gasteiger partial charge on any atom is 0.332 e. The summed E-state index contributed by atoms with van der Waals surface area (Å²) in [7, 11) is 1.67. The van der Waals surface area contributed by atoms with E-state index in [2.05, 4.69) is 41.1 Å². The van der Waals surface area contributed by atoms with Crippen LogP contribution >= 0.6 is 0 Å². The molecule has 0 saturated heterocycles. The minimum Gasteiger partial charge on any atom is -0.312 e. The zero-order valence-corrected chi connectivity index (χ0v) is 14.7. The molecule has 1 aliphatic rings. The first-order valence-electron chi connectivity index (χ1n) is 8.57. The smallest absolute Gasteiger partial charge is 0.312 e. The van der Waals surface area contributed by atoms with Crippen molar-refractivity contribution in [2.75, 3.05) is 11.4 Å². The van der Waals surface area contributed by atoms with Gasteiger partial charge in [0.05, 0.1) is 0 Å². The molecule has 130 valence electrons. The molecular weight excluding hydrogens is 318 g/mol. The van der Waals surface area contributed by atoms with E-state index in [-0.39, 0.29) is 11.2 Å². The van der Waals surface area contributed by atoms with Gasteiger partial charge in [-0.3, -0.25) is 13.9 Å². The summed E-state index contributed by atoms with van der Waals surface area (Å²) in [6.07, 6.45) is 0.917. The van der Waals surface area contributed by atoms with Gasteiger partial charge in [-0.2, -0.15) is 4.98 Å². The van der Waals surface area contributed by atoms with Crippen LogP contribution in [0, 0.1) is 6.92 Å². The summed E-state index contributed by atoms with van der Waals surface area (Å²) in [5.41, 5.74) is 2.62. The van der Waals surface area contributed by atoms with Gasteiger partial charge >= 0.3 is 5.69 Å². The predicted octanol–water partition coefficient (Wildman–Crippen LogP) is 1.77. The second kappa shape index (κ2) is 5.61. The second-order valence-electron chi connectivity index (χ2n) is 6.47. The molecule has 0 radical (unpaired) electrons. The van der Waals surface area contributed by atoms with Gasteiger partial charge in [0.15, 0.2) is 11.2 Å². The van der Waals surface area contributed by atoms with E-state index in [0.29, 0.717) is 17.7 Å². The predicted molar refractivity (Wildman–Crippen MR) is 97.7 cm³/mol. The number of benzene rings is 1. The number of nitrogens with zero attached hydrogens (tertiary/aromatic N) is 5. The molecule has 7 nitrogen and oxygen atoms in total. The SMILES string of the molecule is CCn1c(=O)c2c(nc3n2CCCN3c2ccc(C)cc2)n(C)c1=O. The summed E-state index contributed by atoms with van der Waals surface area (Å²) in [5, 5.41) is 0. The van der Waals surface area contributed by atoms with E-state index in [1.165, 1.54) is 14.7 Å². The monoisotopic (exact) mass is 339 g/mol. The van der Waals surface area contributed by atoms with E-state index >= 15 is 0 Å². The second-order valence-corrected chi connectivity index (χ2v) is 6.47. The third kappa shape index (κ3) is 2.22. The Hall–Kier alpha value is -2.83. The topological polar surface area (TPSA) is 65.1 Å². The molecule has 0 atom stereocenters. The van der Waals surface area contributed by atoms with E-state index < -0.39 is 0 Å². The number of hydrogen-bond acceptors (Lipinski definition) is 4. The van der Waals surface area contributed by atoms with Crippen LogP contribution in [0.15, 0.2) is 33.9 Å². The lowest BCUT2D eigenvalue weighted by molar-refractivity contribution is 0.595. The van der Waals surface area contributed by atoms with Crippen molar-refractivity contribution >= 4 is 22.8 Å². The van der Waals surface area contributed by atoms with Crippen molar-refractivity contribution in [2.24, 2.45) is 7.05 Å². The largest absolute Gasteiger partial charge is 0.332 e. The first-order valence-corrected chi connectivity index (χ1v) is 8.57. The quantitative estimate of drug-likeness (QED) is 0.714. The number of fused-ring (bicyclic) bond motifs is 3. The number of rotatable bonds is 2. The zero-order valence-electron chi connectivity index (χ0n) is 14.7. The Bertz CT molecular complexity index is 1070. The fourth-order valence-corrected chi connectivity index (χ4v) is 3.51. The Balaban J connectivity index is 2.01. The average Bonchev–Trinajstić information content (AvgIpc) is 3.01. The zero-order chi connectivity index (χ0) is 17.7. The number of imidazole rings is 1. The molecule has 0 unspecified atom stereocenters. The fraction of sp³-hybridized carbons (Fsp3) is 0.389. The summed E-state index contributed by atoms with van der Waals surface area (Å²) in [4.78, 5) is 32.0. The van der Waals surface area contributed by atoms with Crippen LogP contribution in [0.25, 0.3) is 11.2 Å². The van der Waals surface area contributed by atoms with Crippen LogP contribution in [0.5, 0.6) is 0 Å². The van der Waals surface area contributed by atoms with Crippen molar-refractivity contribution in [3.8, 4) is 0 Å². The third-order valence-corrected chi connectivity index (χ3v) is 4.88. The van der Waals surface area contributed by atoms with Crippen LogP contribution in [0.1, 0.15) is 18.9 Å². The molecule has 0 fully saturated rings. The molecule has 0 amide bonds. The Morgan fingerprint density at radius 3 is 2.52 bits per heavy atom. The Labute approximate surface area is 144 Å². The summed E-state index contributed by atoms with van der Waals surface area (Å²) < 4.78 is 4.69. The first-order chi connectivity index (χ1) is 12.0. The van der Waals surface area contributed by atoms with Crippen LogP contribution < -0.4 is 16.1 Å². The fourth-order valence-electron chi connectivity index (χ4n) is 3.51. The highest BCUT2D eigenvalue weighted by molar-refractivity contribution is 5.77. The van der Waals surface area contributed by atoms with Gasteiger partial charge in [-0.1, -0.05) is 17.7 Å². The van der Waals surface area contributed by atoms with Crippen molar-refractivity contribution in [1.82, 2.24) is 18.7 Å². The van der Waals surface area contributed by atoms with Gasteiger partial charge in [0.2, 0.25) is 5.95 Å². The number of anilines is 2. The molecule has 0 N–H and O–H groups in total. The van der Waals surface area contributed by atoms with E-state index in [0.717, 1.165) is 31.1 Å². The minimum absolute atomic E-state index is 0.259. The van der Waals surface area contributed by atoms with Crippen molar-refractivity contribution in [3.05, 3.63) is 50.7 Å². The van der Waals surface area contributed by atoms with Crippen LogP contribution in [0.2, 0.25) is 0 Å². The van der Waals surface area contributed by atoms with Crippen LogP contribution in [-0.4, -0.2) is 25.2 Å². The molecule has 0 spiro atoms. The van der Waals surface area contributed by atoms with E-state index in [9.17, 15) is 9.59 Å². The van der Waals surface area contributed by atoms with Gasteiger partial charge < -0.3 is 9.47 Å². The standard InChI is InChI=1S/C18H21N5O2/c1-4-21-16(24)14-15(20(3)18(21)25)19-17-22(10-5-11-23(14)17)13-8-6-12(2)7-9-13/h6-9H,4-5,10-11H2,1-3H3. The Kier molecular flexibility index (Phi) is 3.52. The molecule has 1 aliphatic heterocycles. The molecular formula is C18H21N5O2. The summed E-state index contributed by atoms with van der Waals surface area (Å²) in [5.74, 6) is 0.728. The Morgan fingerprint density at radius 2 is 1.84 bits per heavy atom. The summed E-state index contributed by atoms with van der Waals surface area (Å²) in [6, 6.07) is 8.26. The molecule has 0 bridgehead atoms. The summed E-state index contributed by atoms with van der Waals surface area (Å²) >= 11 is 0. The van der Waals surface area contributed by atoms with Crippen molar-refractivity contribution in [3.63, 3.8) is 0 Å². The molecule has 4 rings (SSSR count). The van der Waals surface area contributed by atoms with E-state index in [4.69, 9.17) is 0 Å². The van der Waals surface area contributed by atoms with E-state index in [1.54, 1.807) is 14.0 Å². The van der Waals surface area contributed by atoms with Crippen molar-refractivity contribution in [1.29, 1.82) is 0 Å². The molecule has 25 heavy (non-hydrogen) atoms. The minimum atomic E-state index is -0.322. The molecule has 1 aromatic carbocycles. The lowest BCUT2D eigenvalue weighted by atomic mass is 10.2. The molecule has 3 heterocycles. The van der Waals surface area contributed by atoms with Crippen LogP contribution in [-0.2, 0) is 20.1 Å². The van der Waals surface area contributed by atoms with Gasteiger partial charge in [-0.25, -0.2) is 4.79 Å².